The minimum absolute atomic E-state index is 0.174. The second kappa shape index (κ2) is 6.68. The van der Waals surface area contributed by atoms with Gasteiger partial charge in [0.2, 0.25) is 0 Å². The minimum atomic E-state index is -0.174. The summed E-state index contributed by atoms with van der Waals surface area (Å²) in [6.45, 7) is 7.03. The van der Waals surface area contributed by atoms with Crippen molar-refractivity contribution in [2.75, 3.05) is 11.9 Å². The number of rotatable bonds is 5. The van der Waals surface area contributed by atoms with E-state index in [-0.39, 0.29) is 5.91 Å². The van der Waals surface area contributed by atoms with Crippen molar-refractivity contribution in [2.45, 2.75) is 46.1 Å². The molecule has 0 spiro atoms. The maximum atomic E-state index is 11.6. The third kappa shape index (κ3) is 3.26. The monoisotopic (exact) mass is 276 g/mol. The summed E-state index contributed by atoms with van der Waals surface area (Å²) in [6.07, 6.45) is 3.69. The molecule has 1 heterocycles. The number of amides is 1. The molecule has 1 aliphatic rings. The fourth-order valence-corrected chi connectivity index (χ4v) is 3.00. The number of anilines is 1. The molecule has 5 heteroatoms. The molecule has 2 rings (SSSR count). The highest BCUT2D eigenvalue weighted by molar-refractivity contribution is 5.92. The molecule has 1 aromatic rings. The van der Waals surface area contributed by atoms with Crippen LogP contribution in [-0.4, -0.2) is 28.7 Å². The van der Waals surface area contributed by atoms with Crippen LogP contribution in [0.15, 0.2) is 12.1 Å². The highest BCUT2D eigenvalue weighted by atomic mass is 16.1. The van der Waals surface area contributed by atoms with Crippen molar-refractivity contribution in [1.82, 2.24) is 15.5 Å². The van der Waals surface area contributed by atoms with Crippen molar-refractivity contribution in [1.29, 1.82) is 0 Å². The van der Waals surface area contributed by atoms with Gasteiger partial charge < -0.3 is 10.6 Å². The topological polar surface area (TPSA) is 66.9 Å². The Labute approximate surface area is 120 Å². The van der Waals surface area contributed by atoms with Crippen LogP contribution in [0.1, 0.15) is 50.5 Å². The molecular formula is C15H24N4O. The van der Waals surface area contributed by atoms with Crippen molar-refractivity contribution in [3.05, 3.63) is 17.8 Å². The average molecular weight is 276 g/mol. The van der Waals surface area contributed by atoms with E-state index in [9.17, 15) is 4.79 Å². The Bertz CT molecular complexity index is 446. The molecule has 5 nitrogen and oxygen atoms in total. The second-order valence-corrected chi connectivity index (χ2v) is 5.52. The third-order valence-corrected chi connectivity index (χ3v) is 4.32. The first kappa shape index (κ1) is 14.8. The number of hydrogen-bond donors (Lipinski definition) is 2. The van der Waals surface area contributed by atoms with Crippen molar-refractivity contribution in [3.8, 4) is 0 Å². The number of carbonyl (C=O) groups is 1. The summed E-state index contributed by atoms with van der Waals surface area (Å²) in [5, 5.41) is 14.2. The Morgan fingerprint density at radius 2 is 2.10 bits per heavy atom. The quantitative estimate of drug-likeness (QED) is 0.867. The lowest BCUT2D eigenvalue weighted by molar-refractivity contribution is 0.0950. The van der Waals surface area contributed by atoms with Gasteiger partial charge in [-0.3, -0.25) is 4.79 Å². The molecule has 3 atom stereocenters. The molecule has 1 fully saturated rings. The summed E-state index contributed by atoms with van der Waals surface area (Å²) in [4.78, 5) is 11.6. The van der Waals surface area contributed by atoms with Gasteiger partial charge in [-0.05, 0) is 43.7 Å². The fraction of sp³-hybridized carbons (Fsp3) is 0.667. The molecule has 1 amide bonds. The lowest BCUT2D eigenvalue weighted by atomic mass is 9.93. The first-order valence-electron chi connectivity index (χ1n) is 7.54. The third-order valence-electron chi connectivity index (χ3n) is 4.32. The van der Waals surface area contributed by atoms with E-state index in [2.05, 4.69) is 34.7 Å². The molecule has 3 unspecified atom stereocenters. The van der Waals surface area contributed by atoms with Crippen molar-refractivity contribution >= 4 is 11.7 Å². The van der Waals surface area contributed by atoms with Crippen LogP contribution in [0.2, 0.25) is 0 Å². The van der Waals surface area contributed by atoms with Crippen molar-refractivity contribution in [3.63, 3.8) is 0 Å². The number of hydrogen-bond acceptors (Lipinski definition) is 4. The van der Waals surface area contributed by atoms with E-state index < -0.39 is 0 Å². The van der Waals surface area contributed by atoms with Crippen LogP contribution in [0.5, 0.6) is 0 Å². The van der Waals surface area contributed by atoms with E-state index in [1.54, 1.807) is 6.07 Å². The molecule has 1 saturated carbocycles. The predicted molar refractivity (Wildman–Crippen MR) is 79.6 cm³/mol. The molecule has 0 bridgehead atoms. The second-order valence-electron chi connectivity index (χ2n) is 5.52. The van der Waals surface area contributed by atoms with E-state index in [1.807, 2.05) is 13.0 Å². The Morgan fingerprint density at radius 3 is 2.65 bits per heavy atom. The summed E-state index contributed by atoms with van der Waals surface area (Å²) in [7, 11) is 0. The van der Waals surface area contributed by atoms with Gasteiger partial charge in [-0.25, -0.2) is 0 Å². The van der Waals surface area contributed by atoms with E-state index in [4.69, 9.17) is 0 Å². The Hall–Kier alpha value is -1.65. The largest absolute Gasteiger partial charge is 0.366 e. The molecule has 20 heavy (non-hydrogen) atoms. The van der Waals surface area contributed by atoms with Gasteiger partial charge in [-0.1, -0.05) is 20.3 Å². The summed E-state index contributed by atoms with van der Waals surface area (Å²) >= 11 is 0. The number of nitrogens with zero attached hydrogens (tertiary/aromatic N) is 2. The van der Waals surface area contributed by atoms with Crippen molar-refractivity contribution < 1.29 is 4.79 Å². The molecule has 1 aliphatic carbocycles. The molecule has 2 N–H and O–H groups in total. The molecule has 0 aliphatic heterocycles. The molecule has 110 valence electrons. The van der Waals surface area contributed by atoms with Crippen LogP contribution in [0.4, 0.5) is 5.82 Å². The normalized spacial score (nSPS) is 25.4. The summed E-state index contributed by atoms with van der Waals surface area (Å²) in [6, 6.07) is 4.02. The van der Waals surface area contributed by atoms with Gasteiger partial charge in [0, 0.05) is 12.6 Å². The molecule has 0 aromatic carbocycles. The fourth-order valence-electron chi connectivity index (χ4n) is 3.00. The van der Waals surface area contributed by atoms with Crippen molar-refractivity contribution in [2.24, 2.45) is 11.8 Å². The lowest BCUT2D eigenvalue weighted by Crippen LogP contribution is -2.26. The van der Waals surface area contributed by atoms with E-state index in [0.29, 0.717) is 24.2 Å². The molecule has 0 saturated heterocycles. The van der Waals surface area contributed by atoms with Gasteiger partial charge in [-0.15, -0.1) is 10.2 Å². The van der Waals surface area contributed by atoms with Crippen LogP contribution in [0.3, 0.4) is 0 Å². The molecule has 0 radical (unpaired) electrons. The summed E-state index contributed by atoms with van der Waals surface area (Å²) in [5.41, 5.74) is 0.364. The predicted octanol–water partition coefficient (Wildman–Crippen LogP) is 2.46. The van der Waals surface area contributed by atoms with Gasteiger partial charge >= 0.3 is 0 Å². The zero-order valence-corrected chi connectivity index (χ0v) is 12.5. The Morgan fingerprint density at radius 1 is 1.30 bits per heavy atom. The average Bonchev–Trinajstić information content (AvgIpc) is 2.80. The lowest BCUT2D eigenvalue weighted by Gasteiger charge is -2.21. The number of aromatic nitrogens is 2. The van der Waals surface area contributed by atoms with Gasteiger partial charge in [0.25, 0.3) is 5.91 Å². The number of nitrogens with one attached hydrogen (secondary N) is 2. The smallest absolute Gasteiger partial charge is 0.271 e. The SMILES string of the molecule is CCNC(=O)c1ccc(NC2CCC(CC)C2C)nn1. The standard InChI is InChI=1S/C15H24N4O/c1-4-11-6-7-12(10(11)3)17-14-9-8-13(18-19-14)15(20)16-5-2/h8-12H,4-7H2,1-3H3,(H,16,20)(H,17,19). The zero-order valence-electron chi connectivity index (χ0n) is 12.5. The van der Waals surface area contributed by atoms with Gasteiger partial charge in [-0.2, -0.15) is 0 Å². The van der Waals surface area contributed by atoms with E-state index in [0.717, 1.165) is 11.7 Å². The number of carbonyl (C=O) groups excluding carboxylic acids is 1. The highest BCUT2D eigenvalue weighted by Gasteiger charge is 2.31. The molecular weight excluding hydrogens is 252 g/mol. The molecule has 1 aromatic heterocycles. The maximum absolute atomic E-state index is 11.6. The Balaban J connectivity index is 1.96. The highest BCUT2D eigenvalue weighted by Crippen LogP contribution is 2.35. The summed E-state index contributed by atoms with van der Waals surface area (Å²) < 4.78 is 0. The van der Waals surface area contributed by atoms with Gasteiger partial charge in [0.05, 0.1) is 0 Å². The zero-order chi connectivity index (χ0) is 14.5. The first-order chi connectivity index (χ1) is 9.65. The Kier molecular flexibility index (Phi) is 4.93. The van der Waals surface area contributed by atoms with Gasteiger partial charge in [0.1, 0.15) is 5.82 Å². The minimum Gasteiger partial charge on any atom is -0.366 e. The van der Waals surface area contributed by atoms with E-state index >= 15 is 0 Å². The van der Waals surface area contributed by atoms with Crippen LogP contribution in [0.25, 0.3) is 0 Å². The summed E-state index contributed by atoms with van der Waals surface area (Å²) in [5.74, 6) is 2.04. The first-order valence-corrected chi connectivity index (χ1v) is 7.54. The van der Waals surface area contributed by atoms with Crippen LogP contribution in [-0.2, 0) is 0 Å². The van der Waals surface area contributed by atoms with Crippen LogP contribution >= 0.6 is 0 Å². The van der Waals surface area contributed by atoms with Crippen LogP contribution in [0, 0.1) is 11.8 Å². The van der Waals surface area contributed by atoms with Gasteiger partial charge in [0.15, 0.2) is 5.69 Å². The van der Waals surface area contributed by atoms with Crippen LogP contribution < -0.4 is 10.6 Å². The maximum Gasteiger partial charge on any atom is 0.271 e. The van der Waals surface area contributed by atoms with E-state index in [1.165, 1.54) is 19.3 Å².